The van der Waals surface area contributed by atoms with E-state index in [1.165, 1.54) is 12.1 Å². The molecule has 1 aliphatic heterocycles. The average Bonchev–Trinajstić information content (AvgIpc) is 2.38. The topological polar surface area (TPSA) is 41.7 Å². The van der Waals surface area contributed by atoms with Gasteiger partial charge in [0.2, 0.25) is 0 Å². The maximum absolute atomic E-state index is 5.72. The highest BCUT2D eigenvalue weighted by molar-refractivity contribution is 5.61. The van der Waals surface area contributed by atoms with Crippen molar-refractivity contribution in [2.45, 2.75) is 13.0 Å². The van der Waals surface area contributed by atoms with Gasteiger partial charge in [0.25, 0.3) is 0 Å². The Balaban J connectivity index is 2.03. The normalized spacial score (nSPS) is 14.6. The summed E-state index contributed by atoms with van der Waals surface area (Å²) in [5.74, 6) is 0.981. The van der Waals surface area contributed by atoms with Gasteiger partial charge in [0.1, 0.15) is 12.4 Å². The first-order valence-electron chi connectivity index (χ1n) is 6.56. The van der Waals surface area contributed by atoms with Crippen molar-refractivity contribution in [2.24, 2.45) is 5.73 Å². The van der Waals surface area contributed by atoms with E-state index in [1.54, 1.807) is 0 Å². The summed E-state index contributed by atoms with van der Waals surface area (Å²) in [5, 5.41) is 0. The molecule has 0 spiro atoms. The summed E-state index contributed by atoms with van der Waals surface area (Å²) in [7, 11) is 4.22. The van der Waals surface area contributed by atoms with Gasteiger partial charge in [-0.25, -0.2) is 0 Å². The Kier molecular flexibility index (Phi) is 4.44. The molecule has 0 aromatic heterocycles. The van der Waals surface area contributed by atoms with Crippen molar-refractivity contribution in [3.8, 4) is 5.75 Å². The Morgan fingerprint density at radius 1 is 1.39 bits per heavy atom. The molecule has 2 rings (SSSR count). The molecule has 0 radical (unpaired) electrons. The summed E-state index contributed by atoms with van der Waals surface area (Å²) in [5.41, 5.74) is 7.99. The van der Waals surface area contributed by atoms with E-state index in [4.69, 9.17) is 10.5 Å². The molecule has 0 amide bonds. The molecule has 2 N–H and O–H groups in total. The maximum atomic E-state index is 5.72. The van der Waals surface area contributed by atoms with Crippen LogP contribution >= 0.6 is 0 Å². The van der Waals surface area contributed by atoms with Gasteiger partial charge in [0.15, 0.2) is 0 Å². The predicted octanol–water partition coefficient (Wildman–Crippen LogP) is 1.30. The van der Waals surface area contributed by atoms with Crippen molar-refractivity contribution in [3.63, 3.8) is 0 Å². The molecule has 4 heteroatoms. The minimum atomic E-state index is 0.567. The van der Waals surface area contributed by atoms with Crippen LogP contribution < -0.4 is 15.4 Å². The molecule has 1 aromatic carbocycles. The van der Waals surface area contributed by atoms with E-state index < -0.39 is 0 Å². The highest BCUT2D eigenvalue weighted by Gasteiger charge is 2.17. The summed E-state index contributed by atoms with van der Waals surface area (Å²) in [6, 6.07) is 6.28. The van der Waals surface area contributed by atoms with Crippen molar-refractivity contribution in [1.29, 1.82) is 0 Å². The molecule has 18 heavy (non-hydrogen) atoms. The molecule has 1 aromatic rings. The first-order valence-corrected chi connectivity index (χ1v) is 6.56. The monoisotopic (exact) mass is 249 g/mol. The summed E-state index contributed by atoms with van der Waals surface area (Å²) in [4.78, 5) is 4.63. The molecule has 1 aliphatic rings. The van der Waals surface area contributed by atoms with Gasteiger partial charge < -0.3 is 20.3 Å². The van der Waals surface area contributed by atoms with E-state index >= 15 is 0 Å². The lowest BCUT2D eigenvalue weighted by Gasteiger charge is -2.31. The number of hydrogen-bond acceptors (Lipinski definition) is 4. The Morgan fingerprint density at radius 2 is 2.22 bits per heavy atom. The summed E-state index contributed by atoms with van der Waals surface area (Å²) in [6.07, 6.45) is 1.17. The van der Waals surface area contributed by atoms with Crippen LogP contribution in [0.4, 0.5) is 5.69 Å². The van der Waals surface area contributed by atoms with Gasteiger partial charge >= 0.3 is 0 Å². The quantitative estimate of drug-likeness (QED) is 0.854. The minimum absolute atomic E-state index is 0.567. The van der Waals surface area contributed by atoms with Crippen molar-refractivity contribution in [2.75, 3.05) is 45.2 Å². The number of nitrogens with two attached hydrogens (primary N) is 1. The highest BCUT2D eigenvalue weighted by Crippen LogP contribution is 2.32. The molecule has 0 atom stereocenters. The van der Waals surface area contributed by atoms with Crippen molar-refractivity contribution in [3.05, 3.63) is 23.8 Å². The molecule has 0 saturated carbocycles. The Morgan fingerprint density at radius 3 is 2.94 bits per heavy atom. The fraction of sp³-hybridized carbons (Fsp3) is 0.571. The van der Waals surface area contributed by atoms with Crippen LogP contribution in [0.25, 0.3) is 0 Å². The van der Waals surface area contributed by atoms with E-state index in [1.807, 2.05) is 0 Å². The third-order valence-electron chi connectivity index (χ3n) is 3.25. The molecule has 100 valence electrons. The average molecular weight is 249 g/mol. The Bertz CT molecular complexity index is 393. The van der Waals surface area contributed by atoms with Crippen LogP contribution in [0.15, 0.2) is 18.2 Å². The SMILES string of the molecule is CN(C)CCCN1CCOc2cc(CN)ccc21. The predicted molar refractivity (Wildman–Crippen MR) is 75.2 cm³/mol. The Hall–Kier alpha value is -1.26. The Labute approximate surface area is 109 Å². The van der Waals surface area contributed by atoms with Gasteiger partial charge in [-0.3, -0.25) is 0 Å². The van der Waals surface area contributed by atoms with Gasteiger partial charge in [0, 0.05) is 13.1 Å². The van der Waals surface area contributed by atoms with Gasteiger partial charge in [0.05, 0.1) is 12.2 Å². The van der Waals surface area contributed by atoms with E-state index in [2.05, 4.69) is 42.1 Å². The third-order valence-corrected chi connectivity index (χ3v) is 3.25. The second kappa shape index (κ2) is 6.07. The molecule has 0 fully saturated rings. The van der Waals surface area contributed by atoms with Gasteiger partial charge in [-0.05, 0) is 44.8 Å². The molecule has 4 nitrogen and oxygen atoms in total. The number of anilines is 1. The molecule has 0 aliphatic carbocycles. The largest absolute Gasteiger partial charge is 0.490 e. The van der Waals surface area contributed by atoms with E-state index in [-0.39, 0.29) is 0 Å². The van der Waals surface area contributed by atoms with E-state index in [0.29, 0.717) is 6.54 Å². The van der Waals surface area contributed by atoms with E-state index in [0.717, 1.165) is 37.6 Å². The van der Waals surface area contributed by atoms with Crippen LogP contribution in [-0.2, 0) is 6.54 Å². The molecular weight excluding hydrogens is 226 g/mol. The number of nitrogens with zero attached hydrogens (tertiary/aromatic N) is 2. The summed E-state index contributed by atoms with van der Waals surface area (Å²) >= 11 is 0. The van der Waals surface area contributed by atoms with Crippen LogP contribution in [0.3, 0.4) is 0 Å². The number of rotatable bonds is 5. The number of fused-ring (bicyclic) bond motifs is 1. The zero-order chi connectivity index (χ0) is 13.0. The summed E-state index contributed by atoms with van der Waals surface area (Å²) < 4.78 is 5.72. The highest BCUT2D eigenvalue weighted by atomic mass is 16.5. The van der Waals surface area contributed by atoms with Crippen LogP contribution in [0.5, 0.6) is 5.75 Å². The fourth-order valence-electron chi connectivity index (χ4n) is 2.26. The lowest BCUT2D eigenvalue weighted by molar-refractivity contribution is 0.304. The van der Waals surface area contributed by atoms with Crippen LogP contribution in [0.2, 0.25) is 0 Å². The second-order valence-corrected chi connectivity index (χ2v) is 5.00. The standard InChI is InChI=1S/C14H23N3O/c1-16(2)6-3-7-17-8-9-18-14-10-12(11-15)4-5-13(14)17/h4-5,10H,3,6-9,11,15H2,1-2H3. The van der Waals surface area contributed by atoms with Crippen molar-refractivity contribution in [1.82, 2.24) is 4.90 Å². The lowest BCUT2D eigenvalue weighted by Crippen LogP contribution is -2.34. The molecule has 0 bridgehead atoms. The summed E-state index contributed by atoms with van der Waals surface area (Å²) in [6.45, 7) is 4.51. The van der Waals surface area contributed by atoms with Crippen molar-refractivity contribution < 1.29 is 4.74 Å². The number of ether oxygens (including phenoxy) is 1. The molecule has 1 heterocycles. The fourth-order valence-corrected chi connectivity index (χ4v) is 2.26. The smallest absolute Gasteiger partial charge is 0.143 e. The van der Waals surface area contributed by atoms with Crippen molar-refractivity contribution >= 4 is 5.69 Å². The van der Waals surface area contributed by atoms with Gasteiger partial charge in [-0.15, -0.1) is 0 Å². The number of hydrogen-bond donors (Lipinski definition) is 1. The first kappa shape index (κ1) is 13.2. The van der Waals surface area contributed by atoms with Gasteiger partial charge in [-0.2, -0.15) is 0 Å². The molecule has 0 saturated heterocycles. The molecule has 0 unspecified atom stereocenters. The zero-order valence-electron chi connectivity index (χ0n) is 11.4. The van der Waals surface area contributed by atoms with E-state index in [9.17, 15) is 0 Å². The first-order chi connectivity index (χ1) is 8.70. The zero-order valence-corrected chi connectivity index (χ0v) is 11.4. The minimum Gasteiger partial charge on any atom is -0.490 e. The maximum Gasteiger partial charge on any atom is 0.143 e. The third kappa shape index (κ3) is 3.15. The van der Waals surface area contributed by atoms with Gasteiger partial charge in [-0.1, -0.05) is 6.07 Å². The van der Waals surface area contributed by atoms with Crippen LogP contribution in [0, 0.1) is 0 Å². The second-order valence-electron chi connectivity index (χ2n) is 5.00. The van der Waals surface area contributed by atoms with Crippen LogP contribution in [0.1, 0.15) is 12.0 Å². The lowest BCUT2D eigenvalue weighted by atomic mass is 10.1. The van der Waals surface area contributed by atoms with Crippen LogP contribution in [-0.4, -0.2) is 45.2 Å². The molecular formula is C14H23N3O. The number of benzene rings is 1.